The number of nitrogens with one attached hydrogen (secondary N) is 1. The molecule has 1 N–H and O–H groups in total. The molecule has 0 saturated carbocycles. The highest BCUT2D eigenvalue weighted by Crippen LogP contribution is 2.35. The summed E-state index contributed by atoms with van der Waals surface area (Å²) in [4.78, 5) is 20.0. The van der Waals surface area contributed by atoms with Crippen molar-refractivity contribution in [2.75, 3.05) is 23.3 Å². The maximum atomic E-state index is 13.8. The van der Waals surface area contributed by atoms with Gasteiger partial charge in [0.25, 0.3) is 0 Å². The number of aromatic nitrogens is 3. The summed E-state index contributed by atoms with van der Waals surface area (Å²) in [5.74, 6) is -0.470. The van der Waals surface area contributed by atoms with Crippen molar-refractivity contribution in [3.8, 4) is 5.69 Å². The molecule has 6 nitrogen and oxygen atoms in total. The molecule has 170 valence electrons. The van der Waals surface area contributed by atoms with E-state index in [1.165, 1.54) is 12.1 Å². The fourth-order valence-corrected chi connectivity index (χ4v) is 5.38. The average molecular weight is 484 g/mol. The third-order valence-corrected chi connectivity index (χ3v) is 7.64. The smallest absolute Gasteiger partial charge is 0.229 e. The predicted octanol–water partition coefficient (Wildman–Crippen LogP) is 5.75. The van der Waals surface area contributed by atoms with Crippen LogP contribution in [0.15, 0.2) is 42.5 Å². The van der Waals surface area contributed by atoms with E-state index < -0.39 is 0 Å². The van der Waals surface area contributed by atoms with E-state index in [2.05, 4.69) is 15.3 Å². The molecule has 1 atom stereocenters. The Labute approximate surface area is 200 Å². The topological polar surface area (TPSA) is 63.1 Å². The predicted molar refractivity (Wildman–Crippen MR) is 131 cm³/mol. The molecule has 3 heterocycles. The van der Waals surface area contributed by atoms with Crippen molar-refractivity contribution in [3.05, 3.63) is 64.6 Å². The number of anilines is 2. The van der Waals surface area contributed by atoms with Crippen molar-refractivity contribution in [2.24, 2.45) is 5.92 Å². The lowest BCUT2D eigenvalue weighted by atomic mass is 9.97. The van der Waals surface area contributed by atoms with Gasteiger partial charge in [0.05, 0.1) is 22.0 Å². The van der Waals surface area contributed by atoms with E-state index in [1.807, 2.05) is 38.1 Å². The van der Waals surface area contributed by atoms with Crippen LogP contribution in [-0.2, 0) is 4.79 Å². The maximum absolute atomic E-state index is 13.8. The van der Waals surface area contributed by atoms with Crippen LogP contribution in [0.25, 0.3) is 16.0 Å². The van der Waals surface area contributed by atoms with Gasteiger partial charge in [0, 0.05) is 23.8 Å². The summed E-state index contributed by atoms with van der Waals surface area (Å²) in [5, 5.41) is 9.09. The molecule has 2 aromatic heterocycles. The van der Waals surface area contributed by atoms with E-state index in [1.54, 1.807) is 22.1 Å². The minimum absolute atomic E-state index is 0.00621. The Morgan fingerprint density at radius 3 is 2.88 bits per heavy atom. The zero-order valence-electron chi connectivity index (χ0n) is 18.3. The van der Waals surface area contributed by atoms with Crippen LogP contribution in [0.5, 0.6) is 0 Å². The third-order valence-electron chi connectivity index (χ3n) is 6.02. The number of halogens is 2. The Hall–Kier alpha value is -2.97. The van der Waals surface area contributed by atoms with Crippen LogP contribution in [-0.4, -0.2) is 33.8 Å². The van der Waals surface area contributed by atoms with Crippen LogP contribution >= 0.6 is 22.9 Å². The molecule has 9 heteroatoms. The normalized spacial score (nSPS) is 16.4. The van der Waals surface area contributed by atoms with Crippen molar-refractivity contribution in [3.63, 3.8) is 0 Å². The SMILES string of the molecule is Cc1c(Cl)cccc1NC(=O)[C@H]1CCCN(c2nc3c(s2)c(C)nn3-c2cccc(F)c2)C1. The van der Waals surface area contributed by atoms with Gasteiger partial charge in [0.1, 0.15) is 5.82 Å². The van der Waals surface area contributed by atoms with E-state index in [9.17, 15) is 9.18 Å². The highest BCUT2D eigenvalue weighted by molar-refractivity contribution is 7.22. The Balaban J connectivity index is 1.38. The molecule has 0 aliphatic carbocycles. The number of aryl methyl sites for hydroxylation is 1. The van der Waals surface area contributed by atoms with Gasteiger partial charge in [-0.3, -0.25) is 4.79 Å². The molecule has 5 rings (SSSR count). The van der Waals surface area contributed by atoms with Gasteiger partial charge >= 0.3 is 0 Å². The van der Waals surface area contributed by atoms with E-state index in [4.69, 9.17) is 16.6 Å². The molecule has 1 aliphatic heterocycles. The summed E-state index contributed by atoms with van der Waals surface area (Å²) in [6, 6.07) is 11.9. The molecule has 4 aromatic rings. The van der Waals surface area contributed by atoms with E-state index >= 15 is 0 Å². The van der Waals surface area contributed by atoms with Gasteiger partial charge in [-0.15, -0.1) is 0 Å². The highest BCUT2D eigenvalue weighted by Gasteiger charge is 2.29. The molecule has 0 unspecified atom stereocenters. The zero-order chi connectivity index (χ0) is 23.1. The van der Waals surface area contributed by atoms with E-state index in [0.29, 0.717) is 22.9 Å². The lowest BCUT2D eigenvalue weighted by Gasteiger charge is -2.31. The summed E-state index contributed by atoms with van der Waals surface area (Å²) >= 11 is 7.76. The quantitative estimate of drug-likeness (QED) is 0.401. The number of piperidine rings is 1. The standard InChI is InChI=1S/C24H23ClFN5OS/c1-14-19(25)9-4-10-20(14)27-23(32)16-6-5-11-30(13-16)24-28-22-21(33-24)15(2)29-31(22)18-8-3-7-17(26)12-18/h3-4,7-10,12,16H,5-6,11,13H2,1-2H3,(H,27,32)/t16-/m0/s1. The number of amides is 1. The van der Waals surface area contributed by atoms with Crippen molar-refractivity contribution >= 4 is 50.0 Å². The monoisotopic (exact) mass is 483 g/mol. The molecule has 2 aromatic carbocycles. The first-order valence-electron chi connectivity index (χ1n) is 10.8. The van der Waals surface area contributed by atoms with Gasteiger partial charge in [-0.2, -0.15) is 10.1 Å². The molecule has 1 fully saturated rings. The summed E-state index contributed by atoms with van der Waals surface area (Å²) in [6.45, 7) is 5.26. The fourth-order valence-electron chi connectivity index (χ4n) is 4.19. The first-order valence-corrected chi connectivity index (χ1v) is 12.0. The third kappa shape index (κ3) is 4.20. The first kappa shape index (κ1) is 21.9. The molecular weight excluding hydrogens is 461 g/mol. The molecule has 1 saturated heterocycles. The lowest BCUT2D eigenvalue weighted by Crippen LogP contribution is -2.40. The summed E-state index contributed by atoms with van der Waals surface area (Å²) in [7, 11) is 0. The minimum atomic E-state index is -0.316. The average Bonchev–Trinajstić information content (AvgIpc) is 3.38. The molecule has 1 amide bonds. The minimum Gasteiger partial charge on any atom is -0.347 e. The summed E-state index contributed by atoms with van der Waals surface area (Å²) in [6.07, 6.45) is 1.72. The zero-order valence-corrected chi connectivity index (χ0v) is 19.9. The number of thiazole rings is 1. The van der Waals surface area contributed by atoms with Crippen LogP contribution in [0.4, 0.5) is 15.2 Å². The van der Waals surface area contributed by atoms with E-state index in [-0.39, 0.29) is 17.6 Å². The van der Waals surface area contributed by atoms with Gasteiger partial charge in [-0.05, 0) is 62.6 Å². The van der Waals surface area contributed by atoms with Crippen LogP contribution in [0.2, 0.25) is 5.02 Å². The summed E-state index contributed by atoms with van der Waals surface area (Å²) in [5.41, 5.74) is 3.80. The largest absolute Gasteiger partial charge is 0.347 e. The van der Waals surface area contributed by atoms with Crippen molar-refractivity contribution in [2.45, 2.75) is 26.7 Å². The van der Waals surface area contributed by atoms with Crippen LogP contribution in [0.1, 0.15) is 24.1 Å². The molecule has 33 heavy (non-hydrogen) atoms. The summed E-state index contributed by atoms with van der Waals surface area (Å²) < 4.78 is 16.4. The second-order valence-corrected chi connectivity index (χ2v) is 9.70. The van der Waals surface area contributed by atoms with Gasteiger partial charge in [-0.1, -0.05) is 35.1 Å². The highest BCUT2D eigenvalue weighted by atomic mass is 35.5. The number of benzene rings is 2. The second-order valence-electron chi connectivity index (χ2n) is 8.31. The fraction of sp³-hybridized carbons (Fsp3) is 0.292. The van der Waals surface area contributed by atoms with Gasteiger partial charge < -0.3 is 10.2 Å². The number of rotatable bonds is 4. The number of carbonyl (C=O) groups excluding carboxylic acids is 1. The lowest BCUT2D eigenvalue weighted by molar-refractivity contribution is -0.120. The van der Waals surface area contributed by atoms with Crippen molar-refractivity contribution < 1.29 is 9.18 Å². The second kappa shape index (κ2) is 8.76. The van der Waals surface area contributed by atoms with Crippen LogP contribution in [0, 0.1) is 25.6 Å². The number of hydrogen-bond acceptors (Lipinski definition) is 5. The Bertz CT molecular complexity index is 1350. The molecule has 0 spiro atoms. The van der Waals surface area contributed by atoms with Crippen molar-refractivity contribution in [1.29, 1.82) is 0 Å². The van der Waals surface area contributed by atoms with E-state index in [0.717, 1.165) is 46.2 Å². The number of hydrogen-bond donors (Lipinski definition) is 1. The van der Waals surface area contributed by atoms with Gasteiger partial charge in [-0.25, -0.2) is 9.07 Å². The molecular formula is C24H23ClFN5OS. The van der Waals surface area contributed by atoms with Gasteiger partial charge in [0.2, 0.25) is 5.91 Å². The molecule has 1 aliphatic rings. The molecule has 0 bridgehead atoms. The number of nitrogens with zero attached hydrogens (tertiary/aromatic N) is 4. The Morgan fingerprint density at radius 1 is 1.24 bits per heavy atom. The Morgan fingerprint density at radius 2 is 2.06 bits per heavy atom. The first-order chi connectivity index (χ1) is 15.9. The Kier molecular flexibility index (Phi) is 5.80. The van der Waals surface area contributed by atoms with Crippen LogP contribution < -0.4 is 10.2 Å². The van der Waals surface area contributed by atoms with Gasteiger partial charge in [0.15, 0.2) is 10.8 Å². The number of fused-ring (bicyclic) bond motifs is 1. The van der Waals surface area contributed by atoms with Crippen molar-refractivity contribution in [1.82, 2.24) is 14.8 Å². The van der Waals surface area contributed by atoms with Crippen LogP contribution in [0.3, 0.4) is 0 Å². The molecule has 0 radical (unpaired) electrons. The maximum Gasteiger partial charge on any atom is 0.229 e. The number of carbonyl (C=O) groups is 1.